The molecule has 2 unspecified atom stereocenters. The number of fused-ring (bicyclic) bond motifs is 1. The maximum Gasteiger partial charge on any atom is 0.134 e. The Bertz CT molecular complexity index is 929. The Balaban J connectivity index is 1.50. The van der Waals surface area contributed by atoms with Gasteiger partial charge in [0.1, 0.15) is 29.3 Å². The van der Waals surface area contributed by atoms with Gasteiger partial charge in [0.05, 0.1) is 6.04 Å². The number of halogens is 1. The van der Waals surface area contributed by atoms with E-state index in [1.54, 1.807) is 6.33 Å². The van der Waals surface area contributed by atoms with Crippen molar-refractivity contribution in [3.63, 3.8) is 0 Å². The number of aliphatic hydroxyl groups excluding tert-OH is 1. The van der Waals surface area contributed by atoms with Crippen molar-refractivity contribution in [3.8, 4) is 0 Å². The van der Waals surface area contributed by atoms with Gasteiger partial charge in [0, 0.05) is 36.2 Å². The molecule has 3 aromatic rings. The average molecular weight is 387 g/mol. The molecule has 0 aliphatic carbocycles. The topological polar surface area (TPSA) is 74.4 Å². The van der Waals surface area contributed by atoms with Crippen LogP contribution in [0.15, 0.2) is 41.1 Å². The Morgan fingerprint density at radius 1 is 1.33 bits per heavy atom. The Kier molecular flexibility index (Phi) is 5.18. The molecule has 4 rings (SSSR count). The number of hydrogen-bond donors (Lipinski definition) is 2. The van der Waals surface area contributed by atoms with Crippen LogP contribution in [0.1, 0.15) is 31.6 Å². The van der Waals surface area contributed by atoms with E-state index in [0.29, 0.717) is 10.9 Å². The van der Waals surface area contributed by atoms with Crippen molar-refractivity contribution >= 4 is 34.2 Å². The fourth-order valence-corrected chi connectivity index (χ4v) is 3.74. The summed E-state index contributed by atoms with van der Waals surface area (Å²) in [6, 6.07) is 9.50. The Morgan fingerprint density at radius 3 is 3.07 bits per heavy atom. The first kappa shape index (κ1) is 18.1. The van der Waals surface area contributed by atoms with Gasteiger partial charge in [-0.2, -0.15) is 0 Å². The van der Waals surface area contributed by atoms with E-state index in [2.05, 4.69) is 20.2 Å². The van der Waals surface area contributed by atoms with Gasteiger partial charge in [-0.3, -0.25) is 0 Å². The average Bonchev–Trinajstić information content (AvgIpc) is 3.11. The van der Waals surface area contributed by atoms with Crippen molar-refractivity contribution in [2.24, 2.45) is 5.92 Å². The predicted molar refractivity (Wildman–Crippen MR) is 107 cm³/mol. The normalized spacial score (nSPS) is 18.6. The van der Waals surface area contributed by atoms with E-state index in [1.807, 2.05) is 37.3 Å². The summed E-state index contributed by atoms with van der Waals surface area (Å²) in [5, 5.41) is 14.5. The number of hydrogen-bond acceptors (Lipinski definition) is 6. The van der Waals surface area contributed by atoms with Crippen molar-refractivity contribution in [1.29, 1.82) is 0 Å². The van der Waals surface area contributed by atoms with Gasteiger partial charge in [-0.1, -0.05) is 11.6 Å². The van der Waals surface area contributed by atoms with Gasteiger partial charge >= 0.3 is 0 Å². The van der Waals surface area contributed by atoms with E-state index in [9.17, 15) is 5.11 Å². The molecule has 1 aromatic carbocycles. The lowest BCUT2D eigenvalue weighted by molar-refractivity contribution is 0.208. The first-order valence-electron chi connectivity index (χ1n) is 9.26. The van der Waals surface area contributed by atoms with Crippen molar-refractivity contribution in [2.45, 2.75) is 25.8 Å². The molecule has 1 fully saturated rings. The molecule has 0 saturated carbocycles. The summed E-state index contributed by atoms with van der Waals surface area (Å²) in [6.45, 7) is 4.03. The zero-order chi connectivity index (χ0) is 18.8. The van der Waals surface area contributed by atoms with Crippen LogP contribution in [0.25, 0.3) is 11.0 Å². The van der Waals surface area contributed by atoms with Crippen LogP contribution < -0.4 is 10.2 Å². The van der Waals surface area contributed by atoms with Gasteiger partial charge in [-0.05, 0) is 49.9 Å². The van der Waals surface area contributed by atoms with Gasteiger partial charge < -0.3 is 19.7 Å². The highest BCUT2D eigenvalue weighted by Crippen LogP contribution is 2.29. The molecule has 2 atom stereocenters. The standard InChI is InChI=1S/C20H23ClN4O2/c1-13(18-8-15-7-16(21)4-5-17(15)27-18)24-19-9-20(23-12-22-19)25-6-2-3-14(10-25)11-26/h4-5,7-9,12-14,26H,2-3,6,10-11H2,1H3,(H,22,23,24). The second-order valence-corrected chi connectivity index (χ2v) is 7.53. The first-order chi connectivity index (χ1) is 13.1. The molecule has 6 nitrogen and oxygen atoms in total. The van der Waals surface area contributed by atoms with Crippen LogP contribution in [0, 0.1) is 5.92 Å². The van der Waals surface area contributed by atoms with E-state index in [-0.39, 0.29) is 12.6 Å². The third kappa shape index (κ3) is 4.01. The highest BCUT2D eigenvalue weighted by atomic mass is 35.5. The van der Waals surface area contributed by atoms with E-state index in [1.165, 1.54) is 0 Å². The highest BCUT2D eigenvalue weighted by molar-refractivity contribution is 6.31. The third-order valence-corrected chi connectivity index (χ3v) is 5.28. The minimum absolute atomic E-state index is 0.0505. The molecule has 0 spiro atoms. The lowest BCUT2D eigenvalue weighted by Crippen LogP contribution is -2.37. The molecule has 0 bridgehead atoms. The second kappa shape index (κ2) is 7.74. The summed E-state index contributed by atoms with van der Waals surface area (Å²) in [7, 11) is 0. The summed E-state index contributed by atoms with van der Waals surface area (Å²) in [4.78, 5) is 11.0. The van der Waals surface area contributed by atoms with Crippen molar-refractivity contribution < 1.29 is 9.52 Å². The molecule has 7 heteroatoms. The number of nitrogens with zero attached hydrogens (tertiary/aromatic N) is 3. The summed E-state index contributed by atoms with van der Waals surface area (Å²) in [5.74, 6) is 2.77. The van der Waals surface area contributed by atoms with E-state index >= 15 is 0 Å². The largest absolute Gasteiger partial charge is 0.459 e. The molecule has 1 aliphatic rings. The molecule has 2 aromatic heterocycles. The Labute approximate surface area is 163 Å². The van der Waals surface area contributed by atoms with Crippen LogP contribution >= 0.6 is 11.6 Å². The number of nitrogens with one attached hydrogen (secondary N) is 1. The Hall–Kier alpha value is -2.31. The molecule has 2 N–H and O–H groups in total. The molecular formula is C20H23ClN4O2. The van der Waals surface area contributed by atoms with Gasteiger partial charge in [-0.25, -0.2) is 9.97 Å². The third-order valence-electron chi connectivity index (χ3n) is 5.04. The Morgan fingerprint density at radius 2 is 2.22 bits per heavy atom. The highest BCUT2D eigenvalue weighted by Gasteiger charge is 2.21. The molecule has 3 heterocycles. The maximum atomic E-state index is 9.44. The summed E-state index contributed by atoms with van der Waals surface area (Å²) in [5.41, 5.74) is 0.815. The summed E-state index contributed by atoms with van der Waals surface area (Å²) in [6.07, 6.45) is 3.71. The lowest BCUT2D eigenvalue weighted by Gasteiger charge is -2.32. The molecule has 0 radical (unpaired) electrons. The second-order valence-electron chi connectivity index (χ2n) is 7.10. The van der Waals surface area contributed by atoms with Crippen LogP contribution in [-0.4, -0.2) is 34.8 Å². The summed E-state index contributed by atoms with van der Waals surface area (Å²) >= 11 is 6.05. The maximum absolute atomic E-state index is 9.44. The number of aromatic nitrogens is 2. The number of benzene rings is 1. The molecule has 142 valence electrons. The lowest BCUT2D eigenvalue weighted by atomic mass is 9.99. The summed E-state index contributed by atoms with van der Waals surface area (Å²) < 4.78 is 5.93. The fourth-order valence-electron chi connectivity index (χ4n) is 3.56. The zero-order valence-electron chi connectivity index (χ0n) is 15.2. The van der Waals surface area contributed by atoms with Crippen LogP contribution in [0.5, 0.6) is 0 Å². The molecule has 27 heavy (non-hydrogen) atoms. The molecule has 1 saturated heterocycles. The fraction of sp³-hybridized carbons (Fsp3) is 0.400. The minimum Gasteiger partial charge on any atom is -0.459 e. The molecular weight excluding hydrogens is 364 g/mol. The van der Waals surface area contributed by atoms with Gasteiger partial charge in [0.25, 0.3) is 0 Å². The van der Waals surface area contributed by atoms with Gasteiger partial charge in [0.2, 0.25) is 0 Å². The number of aliphatic hydroxyl groups is 1. The first-order valence-corrected chi connectivity index (χ1v) is 9.63. The number of piperidine rings is 1. The van der Waals surface area contributed by atoms with E-state index in [0.717, 1.165) is 54.3 Å². The number of anilines is 2. The minimum atomic E-state index is -0.0505. The van der Waals surface area contributed by atoms with Crippen LogP contribution in [0.4, 0.5) is 11.6 Å². The van der Waals surface area contributed by atoms with Crippen molar-refractivity contribution in [2.75, 3.05) is 29.9 Å². The predicted octanol–water partition coefficient (Wildman–Crippen LogP) is 4.26. The van der Waals surface area contributed by atoms with Gasteiger partial charge in [0.15, 0.2) is 0 Å². The van der Waals surface area contributed by atoms with Crippen LogP contribution in [0.2, 0.25) is 5.02 Å². The van der Waals surface area contributed by atoms with E-state index in [4.69, 9.17) is 16.0 Å². The van der Waals surface area contributed by atoms with Crippen molar-refractivity contribution in [1.82, 2.24) is 9.97 Å². The zero-order valence-corrected chi connectivity index (χ0v) is 16.0. The molecule has 0 amide bonds. The van der Waals surface area contributed by atoms with Crippen molar-refractivity contribution in [3.05, 3.63) is 47.4 Å². The SMILES string of the molecule is CC(Nc1cc(N2CCCC(CO)C2)ncn1)c1cc2cc(Cl)ccc2o1. The van der Waals surface area contributed by atoms with E-state index < -0.39 is 0 Å². The number of furan rings is 1. The molecule has 1 aliphatic heterocycles. The monoisotopic (exact) mass is 386 g/mol. The van der Waals surface area contributed by atoms with Crippen LogP contribution in [0.3, 0.4) is 0 Å². The quantitative estimate of drug-likeness (QED) is 0.682. The smallest absolute Gasteiger partial charge is 0.134 e. The number of rotatable bonds is 5. The van der Waals surface area contributed by atoms with Gasteiger partial charge in [-0.15, -0.1) is 0 Å². The van der Waals surface area contributed by atoms with Crippen LogP contribution in [-0.2, 0) is 0 Å².